The molecule has 3 aliphatic rings. The van der Waals surface area contributed by atoms with Gasteiger partial charge < -0.3 is 19.4 Å². The van der Waals surface area contributed by atoms with Crippen molar-refractivity contribution in [1.82, 2.24) is 29.9 Å². The molecule has 0 spiro atoms. The third-order valence-corrected chi connectivity index (χ3v) is 6.75. The summed E-state index contributed by atoms with van der Waals surface area (Å²) in [6.45, 7) is 1.78. The number of H-pyrrole nitrogens is 2. The molecule has 0 saturated heterocycles. The molecule has 34 heavy (non-hydrogen) atoms. The molecular formula is C23H17F3N6O2. The Kier molecular flexibility index (Phi) is 3.79. The fraction of sp³-hybridized carbons (Fsp3) is 0.304. The second-order valence-electron chi connectivity index (χ2n) is 8.91. The minimum absolute atomic E-state index is 0.0401. The molecule has 3 aromatic heterocycles. The number of imidazole rings is 2. The summed E-state index contributed by atoms with van der Waals surface area (Å²) in [5.74, 6) is 2.14. The van der Waals surface area contributed by atoms with Gasteiger partial charge in [-0.2, -0.15) is 18.2 Å². The minimum Gasteiger partial charge on any atom is -0.489 e. The van der Waals surface area contributed by atoms with Crippen LogP contribution in [0.5, 0.6) is 17.4 Å². The summed E-state index contributed by atoms with van der Waals surface area (Å²) in [5, 5.41) is 0. The summed E-state index contributed by atoms with van der Waals surface area (Å²) in [4.78, 5) is 23.2. The first kappa shape index (κ1) is 19.6. The Balaban J connectivity index is 1.17. The number of allylic oxidation sites excluding steroid dienone is 1. The lowest BCUT2D eigenvalue weighted by molar-refractivity contribution is -0.0937. The van der Waals surface area contributed by atoms with Gasteiger partial charge >= 0.3 is 6.18 Å². The summed E-state index contributed by atoms with van der Waals surface area (Å²) in [6, 6.07) is 5.57. The maximum Gasteiger partial charge on any atom is 0.412 e. The Labute approximate surface area is 190 Å². The van der Waals surface area contributed by atoms with Crippen LogP contribution in [-0.2, 0) is 0 Å². The number of alkyl halides is 3. The first-order valence-electron chi connectivity index (χ1n) is 10.9. The molecule has 4 heterocycles. The van der Waals surface area contributed by atoms with Gasteiger partial charge in [0, 0.05) is 28.7 Å². The normalized spacial score (nSPS) is 24.8. The highest BCUT2D eigenvalue weighted by atomic mass is 19.4. The zero-order valence-corrected chi connectivity index (χ0v) is 17.7. The molecule has 1 aromatic carbocycles. The number of hydrogen-bond acceptors (Lipinski definition) is 6. The smallest absolute Gasteiger partial charge is 0.412 e. The van der Waals surface area contributed by atoms with E-state index in [1.165, 1.54) is 12.7 Å². The largest absolute Gasteiger partial charge is 0.489 e. The van der Waals surface area contributed by atoms with E-state index in [2.05, 4.69) is 29.9 Å². The van der Waals surface area contributed by atoms with E-state index in [4.69, 9.17) is 9.47 Å². The van der Waals surface area contributed by atoms with Gasteiger partial charge in [0.05, 0.1) is 17.9 Å². The number of ether oxygens (including phenoxy) is 2. The summed E-state index contributed by atoms with van der Waals surface area (Å²) < 4.78 is 51.8. The number of nitrogens with zero attached hydrogens (tertiary/aromatic N) is 4. The van der Waals surface area contributed by atoms with Crippen LogP contribution in [0.1, 0.15) is 53.9 Å². The monoisotopic (exact) mass is 466 g/mol. The predicted molar refractivity (Wildman–Crippen MR) is 114 cm³/mol. The highest BCUT2D eigenvalue weighted by molar-refractivity contribution is 5.75. The minimum atomic E-state index is -4.34. The molecule has 0 bridgehead atoms. The lowest BCUT2D eigenvalue weighted by atomic mass is 9.90. The zero-order valence-electron chi connectivity index (χ0n) is 17.7. The summed E-state index contributed by atoms with van der Waals surface area (Å²) in [6.07, 6.45) is -0.420. The summed E-state index contributed by atoms with van der Waals surface area (Å²) in [5.41, 5.74) is 2.67. The quantitative estimate of drug-likeness (QED) is 0.442. The van der Waals surface area contributed by atoms with Crippen molar-refractivity contribution in [3.05, 3.63) is 59.2 Å². The maximum atomic E-state index is 13.2. The van der Waals surface area contributed by atoms with Crippen LogP contribution in [0.4, 0.5) is 13.2 Å². The standard InChI is InChI=1S/C23H17F3N6O2/c1-9-4-10(23(24,25)26)5-13-17(9)32-20(31-13)16-15-12-6-11(2-3-14(12)34-19(15)16)33-22-18-21(28-7-27-18)29-8-30-22/h2-3,5-9,15-16,19H,4H2,1H3,(H,31,32)(H,27,28,29,30). The van der Waals surface area contributed by atoms with Crippen molar-refractivity contribution in [2.45, 2.75) is 43.4 Å². The summed E-state index contributed by atoms with van der Waals surface area (Å²) in [7, 11) is 0. The number of halogens is 3. The number of fused-ring (bicyclic) bond motifs is 5. The van der Waals surface area contributed by atoms with Crippen molar-refractivity contribution in [1.29, 1.82) is 0 Å². The van der Waals surface area contributed by atoms with E-state index < -0.39 is 11.7 Å². The second kappa shape index (κ2) is 6.58. The van der Waals surface area contributed by atoms with Crippen LogP contribution in [-0.4, -0.2) is 42.2 Å². The van der Waals surface area contributed by atoms with Crippen LogP contribution in [0.15, 0.2) is 36.4 Å². The number of aromatic amines is 2. The number of rotatable bonds is 3. The highest BCUT2D eigenvalue weighted by Gasteiger charge is 2.61. The number of nitrogens with one attached hydrogen (secondary N) is 2. The molecule has 1 fully saturated rings. The van der Waals surface area contributed by atoms with Crippen molar-refractivity contribution in [2.75, 3.05) is 0 Å². The molecule has 4 atom stereocenters. The van der Waals surface area contributed by atoms with Gasteiger partial charge in [0.25, 0.3) is 0 Å². The van der Waals surface area contributed by atoms with Gasteiger partial charge in [-0.15, -0.1) is 0 Å². The van der Waals surface area contributed by atoms with Gasteiger partial charge in [-0.05, 0) is 30.7 Å². The van der Waals surface area contributed by atoms with Gasteiger partial charge in [0.1, 0.15) is 35.3 Å². The van der Waals surface area contributed by atoms with Gasteiger partial charge in [-0.25, -0.2) is 15.0 Å². The Morgan fingerprint density at radius 2 is 2.03 bits per heavy atom. The van der Waals surface area contributed by atoms with Crippen molar-refractivity contribution in [3.63, 3.8) is 0 Å². The molecular weight excluding hydrogens is 449 g/mol. The number of hydrogen-bond donors (Lipinski definition) is 2. The topological polar surface area (TPSA) is 102 Å². The molecule has 2 aliphatic carbocycles. The van der Waals surface area contributed by atoms with Crippen molar-refractivity contribution >= 4 is 17.2 Å². The highest BCUT2D eigenvalue weighted by Crippen LogP contribution is 2.63. The van der Waals surface area contributed by atoms with E-state index >= 15 is 0 Å². The fourth-order valence-electron chi connectivity index (χ4n) is 5.08. The van der Waals surface area contributed by atoms with Crippen LogP contribution in [0, 0.1) is 0 Å². The van der Waals surface area contributed by atoms with Crippen LogP contribution in [0.3, 0.4) is 0 Å². The SMILES string of the molecule is CC1CC(C(F)(F)F)=Cc2nc(C3C4Oc5ccc(Oc6ncnc7nc[nH]c67)cc5C43)[nH]c21. The van der Waals surface area contributed by atoms with Crippen molar-refractivity contribution in [2.24, 2.45) is 0 Å². The molecule has 4 unspecified atom stereocenters. The molecule has 7 rings (SSSR count). The third kappa shape index (κ3) is 2.85. The molecule has 11 heteroatoms. The van der Waals surface area contributed by atoms with Gasteiger partial charge in [0.2, 0.25) is 5.88 Å². The molecule has 0 radical (unpaired) electrons. The molecule has 4 aromatic rings. The molecule has 0 amide bonds. The Morgan fingerprint density at radius 3 is 2.88 bits per heavy atom. The zero-order chi connectivity index (χ0) is 23.2. The van der Waals surface area contributed by atoms with E-state index in [-0.39, 0.29) is 30.3 Å². The first-order chi connectivity index (χ1) is 16.4. The second-order valence-corrected chi connectivity index (χ2v) is 8.91. The van der Waals surface area contributed by atoms with Crippen molar-refractivity contribution in [3.8, 4) is 17.4 Å². The Bertz CT molecular complexity index is 1490. The van der Waals surface area contributed by atoms with Crippen LogP contribution in [0.25, 0.3) is 17.2 Å². The molecule has 1 saturated carbocycles. The van der Waals surface area contributed by atoms with Crippen LogP contribution in [0.2, 0.25) is 0 Å². The van der Waals surface area contributed by atoms with Crippen molar-refractivity contribution < 1.29 is 22.6 Å². The van der Waals surface area contributed by atoms with E-state index in [1.807, 2.05) is 12.1 Å². The van der Waals surface area contributed by atoms with E-state index in [1.54, 1.807) is 13.0 Å². The first-order valence-corrected chi connectivity index (χ1v) is 10.9. The van der Waals surface area contributed by atoms with Gasteiger partial charge in [-0.3, -0.25) is 0 Å². The number of benzene rings is 1. The fourth-order valence-corrected chi connectivity index (χ4v) is 5.08. The average molecular weight is 466 g/mol. The van der Waals surface area contributed by atoms with E-state index in [0.717, 1.165) is 23.1 Å². The number of aromatic nitrogens is 6. The Morgan fingerprint density at radius 1 is 1.15 bits per heavy atom. The molecule has 1 aliphatic heterocycles. The molecule has 2 N–H and O–H groups in total. The van der Waals surface area contributed by atoms with Crippen LogP contribution >= 0.6 is 0 Å². The molecule has 8 nitrogen and oxygen atoms in total. The predicted octanol–water partition coefficient (Wildman–Crippen LogP) is 4.96. The van der Waals surface area contributed by atoms with E-state index in [9.17, 15) is 13.2 Å². The average Bonchev–Trinajstić information content (AvgIpc) is 3.19. The van der Waals surface area contributed by atoms with Gasteiger partial charge in [0.15, 0.2) is 5.65 Å². The summed E-state index contributed by atoms with van der Waals surface area (Å²) >= 11 is 0. The third-order valence-electron chi connectivity index (χ3n) is 6.75. The Hall–Kier alpha value is -3.89. The lowest BCUT2D eigenvalue weighted by Gasteiger charge is -2.20. The molecule has 172 valence electrons. The van der Waals surface area contributed by atoms with Gasteiger partial charge in [-0.1, -0.05) is 6.92 Å². The van der Waals surface area contributed by atoms with E-state index in [0.29, 0.717) is 34.3 Å². The van der Waals surface area contributed by atoms with Crippen LogP contribution < -0.4 is 9.47 Å². The maximum absolute atomic E-state index is 13.2. The lowest BCUT2D eigenvalue weighted by Crippen LogP contribution is -2.17.